The molecule has 0 spiro atoms. The number of amides is 3. The van der Waals surface area contributed by atoms with Gasteiger partial charge in [0, 0.05) is 0 Å². The average molecular weight is 360 g/mol. The highest BCUT2D eigenvalue weighted by Gasteiger charge is 2.29. The Hall–Kier alpha value is -3.47. The van der Waals surface area contributed by atoms with E-state index in [4.69, 9.17) is 0 Å². The molecule has 134 valence electrons. The summed E-state index contributed by atoms with van der Waals surface area (Å²) in [6.45, 7) is 0. The minimum atomic E-state index is -0.604. The molecule has 0 radical (unpaired) electrons. The molecule has 0 bridgehead atoms. The van der Waals surface area contributed by atoms with Crippen molar-refractivity contribution in [1.29, 1.82) is 0 Å². The molecule has 0 aliphatic heterocycles. The van der Waals surface area contributed by atoms with Gasteiger partial charge in [-0.25, -0.2) is 9.18 Å². The van der Waals surface area contributed by atoms with E-state index in [1.807, 2.05) is 48.5 Å². The van der Waals surface area contributed by atoms with Crippen LogP contribution in [0.1, 0.15) is 22.7 Å². The maximum Gasteiger partial charge on any atom is 0.322 e. The third-order valence-electron chi connectivity index (χ3n) is 4.67. The van der Waals surface area contributed by atoms with Gasteiger partial charge < -0.3 is 5.32 Å². The van der Waals surface area contributed by atoms with Gasteiger partial charge in [-0.1, -0.05) is 66.7 Å². The van der Waals surface area contributed by atoms with Gasteiger partial charge in [-0.15, -0.1) is 0 Å². The molecule has 2 N–H and O–H groups in total. The Kier molecular flexibility index (Phi) is 4.42. The molecule has 0 saturated carbocycles. The van der Waals surface area contributed by atoms with Crippen LogP contribution in [0.15, 0.2) is 72.8 Å². The number of carbonyl (C=O) groups excluding carboxylic acids is 2. The summed E-state index contributed by atoms with van der Waals surface area (Å²) in [5.74, 6) is -1.02. The van der Waals surface area contributed by atoms with Crippen LogP contribution in [0.25, 0.3) is 11.1 Å². The fraction of sp³-hybridized carbons (Fsp3) is 0.0909. The summed E-state index contributed by atoms with van der Waals surface area (Å²) in [4.78, 5) is 24.5. The minimum Gasteiger partial charge on any atom is -0.327 e. The van der Waals surface area contributed by atoms with Crippen molar-refractivity contribution in [2.75, 3.05) is 0 Å². The third-order valence-corrected chi connectivity index (χ3v) is 4.67. The van der Waals surface area contributed by atoms with Gasteiger partial charge in [-0.2, -0.15) is 0 Å². The Morgan fingerprint density at radius 1 is 0.815 bits per heavy atom. The second-order valence-corrected chi connectivity index (χ2v) is 6.40. The summed E-state index contributed by atoms with van der Waals surface area (Å²) in [5.41, 5.74) is 4.34. The van der Waals surface area contributed by atoms with Crippen LogP contribution in [0.5, 0.6) is 0 Å². The van der Waals surface area contributed by atoms with Crippen molar-refractivity contribution in [2.24, 2.45) is 0 Å². The number of hydrogen-bond donors (Lipinski definition) is 2. The summed E-state index contributed by atoms with van der Waals surface area (Å²) < 4.78 is 13.7. The molecule has 5 heteroatoms. The molecule has 0 unspecified atom stereocenters. The van der Waals surface area contributed by atoms with Crippen LogP contribution in [0.3, 0.4) is 0 Å². The lowest BCUT2D eigenvalue weighted by Crippen LogP contribution is -2.41. The normalized spacial score (nSPS) is 12.2. The SMILES string of the molecule is O=C(Cc1ccccc1F)NC(=O)NC1c2ccccc2-c2ccccc21. The number of hydrogen-bond acceptors (Lipinski definition) is 2. The predicted molar refractivity (Wildman–Crippen MR) is 100 cm³/mol. The first-order chi connectivity index (χ1) is 13.1. The van der Waals surface area contributed by atoms with Gasteiger partial charge in [0.25, 0.3) is 0 Å². The van der Waals surface area contributed by atoms with E-state index in [0.717, 1.165) is 22.3 Å². The Labute approximate surface area is 156 Å². The maximum absolute atomic E-state index is 13.7. The van der Waals surface area contributed by atoms with Crippen molar-refractivity contribution >= 4 is 11.9 Å². The number of imide groups is 1. The highest BCUT2D eigenvalue weighted by atomic mass is 19.1. The molecular formula is C22H17FN2O2. The molecule has 3 aromatic rings. The van der Waals surface area contributed by atoms with Gasteiger partial charge in [0.1, 0.15) is 5.82 Å². The van der Waals surface area contributed by atoms with Crippen LogP contribution in [0.4, 0.5) is 9.18 Å². The number of urea groups is 1. The van der Waals surface area contributed by atoms with Crippen molar-refractivity contribution in [3.05, 3.63) is 95.3 Å². The van der Waals surface area contributed by atoms with E-state index in [0.29, 0.717) is 0 Å². The smallest absolute Gasteiger partial charge is 0.322 e. The second kappa shape index (κ2) is 7.03. The van der Waals surface area contributed by atoms with Crippen LogP contribution in [0.2, 0.25) is 0 Å². The number of carbonyl (C=O) groups is 2. The molecule has 0 fully saturated rings. The van der Waals surface area contributed by atoms with Crippen LogP contribution in [-0.4, -0.2) is 11.9 Å². The number of rotatable bonds is 3. The van der Waals surface area contributed by atoms with Gasteiger partial charge in [-0.3, -0.25) is 10.1 Å². The monoisotopic (exact) mass is 360 g/mol. The molecule has 4 rings (SSSR count). The van der Waals surface area contributed by atoms with Crippen LogP contribution >= 0.6 is 0 Å². The summed E-state index contributed by atoms with van der Waals surface area (Å²) in [6, 6.07) is 20.8. The van der Waals surface area contributed by atoms with E-state index < -0.39 is 17.8 Å². The molecule has 4 nitrogen and oxygen atoms in total. The molecule has 3 amide bonds. The first-order valence-electron chi connectivity index (χ1n) is 8.65. The molecule has 0 saturated heterocycles. The quantitative estimate of drug-likeness (QED) is 0.743. The lowest BCUT2D eigenvalue weighted by Gasteiger charge is -2.16. The zero-order valence-electron chi connectivity index (χ0n) is 14.4. The Morgan fingerprint density at radius 3 is 2.00 bits per heavy atom. The summed E-state index contributed by atoms with van der Waals surface area (Å²) >= 11 is 0. The van der Waals surface area contributed by atoms with Crippen molar-refractivity contribution in [3.8, 4) is 11.1 Å². The topological polar surface area (TPSA) is 58.2 Å². The molecule has 1 aliphatic rings. The maximum atomic E-state index is 13.7. The lowest BCUT2D eigenvalue weighted by atomic mass is 10.1. The van der Waals surface area contributed by atoms with Gasteiger partial charge in [0.05, 0.1) is 12.5 Å². The Bertz CT molecular complexity index is 987. The molecule has 0 atom stereocenters. The fourth-order valence-electron chi connectivity index (χ4n) is 3.46. The van der Waals surface area contributed by atoms with Gasteiger partial charge in [0.2, 0.25) is 5.91 Å². The average Bonchev–Trinajstić information content (AvgIpc) is 2.98. The molecule has 0 aromatic heterocycles. The standard InChI is InChI=1S/C22H17FN2O2/c23-19-12-6-1-7-14(19)13-20(26)24-22(27)25-21-17-10-4-2-8-15(17)16-9-3-5-11-18(16)21/h1-12,21H,13H2,(H2,24,25,26,27). The van der Waals surface area contributed by atoms with E-state index in [2.05, 4.69) is 10.6 Å². The van der Waals surface area contributed by atoms with Gasteiger partial charge in [-0.05, 0) is 33.9 Å². The number of nitrogens with one attached hydrogen (secondary N) is 2. The lowest BCUT2D eigenvalue weighted by molar-refractivity contribution is -0.119. The molecule has 3 aromatic carbocycles. The van der Waals surface area contributed by atoms with E-state index in [9.17, 15) is 14.0 Å². The van der Waals surface area contributed by atoms with E-state index in [1.165, 1.54) is 12.1 Å². The van der Waals surface area contributed by atoms with Crippen LogP contribution < -0.4 is 10.6 Å². The van der Waals surface area contributed by atoms with Gasteiger partial charge in [0.15, 0.2) is 0 Å². The zero-order chi connectivity index (χ0) is 18.8. The highest BCUT2D eigenvalue weighted by Crippen LogP contribution is 2.42. The third kappa shape index (κ3) is 3.31. The van der Waals surface area contributed by atoms with Crippen molar-refractivity contribution in [1.82, 2.24) is 10.6 Å². The second-order valence-electron chi connectivity index (χ2n) is 6.40. The van der Waals surface area contributed by atoms with E-state index in [-0.39, 0.29) is 18.0 Å². The first-order valence-corrected chi connectivity index (χ1v) is 8.65. The minimum absolute atomic E-state index is 0.196. The number of fused-ring (bicyclic) bond motifs is 3. The van der Waals surface area contributed by atoms with Crippen LogP contribution in [0, 0.1) is 5.82 Å². The summed E-state index contributed by atoms with van der Waals surface area (Å²) in [5, 5.41) is 5.15. The van der Waals surface area contributed by atoms with Crippen molar-refractivity contribution in [3.63, 3.8) is 0 Å². The molecular weight excluding hydrogens is 343 g/mol. The first kappa shape index (κ1) is 17.0. The van der Waals surface area contributed by atoms with Gasteiger partial charge >= 0.3 is 6.03 Å². The molecule has 27 heavy (non-hydrogen) atoms. The highest BCUT2D eigenvalue weighted by molar-refractivity contribution is 5.96. The zero-order valence-corrected chi connectivity index (χ0v) is 14.4. The molecule has 0 heterocycles. The number of halogens is 1. The fourth-order valence-corrected chi connectivity index (χ4v) is 3.46. The Morgan fingerprint density at radius 2 is 1.37 bits per heavy atom. The number of benzene rings is 3. The van der Waals surface area contributed by atoms with Crippen LogP contribution in [-0.2, 0) is 11.2 Å². The summed E-state index contributed by atoms with van der Waals surface area (Å²) in [6.07, 6.45) is -0.196. The summed E-state index contributed by atoms with van der Waals surface area (Å²) in [7, 11) is 0. The predicted octanol–water partition coefficient (Wildman–Crippen LogP) is 3.96. The van der Waals surface area contributed by atoms with Crippen molar-refractivity contribution in [2.45, 2.75) is 12.5 Å². The Balaban J connectivity index is 1.48. The molecule has 1 aliphatic carbocycles. The van der Waals surface area contributed by atoms with Crippen molar-refractivity contribution < 1.29 is 14.0 Å². The van der Waals surface area contributed by atoms with E-state index >= 15 is 0 Å². The largest absolute Gasteiger partial charge is 0.327 e. The van der Waals surface area contributed by atoms with E-state index in [1.54, 1.807) is 12.1 Å².